The Labute approximate surface area is 131 Å². The Bertz CT molecular complexity index is 283. The van der Waals surface area contributed by atoms with E-state index >= 15 is 0 Å². The lowest BCUT2D eigenvalue weighted by molar-refractivity contribution is -0.139. The third-order valence-corrected chi connectivity index (χ3v) is 1.99. The number of carbonyl (C=O) groups is 2. The van der Waals surface area contributed by atoms with Crippen LogP contribution >= 0.6 is 0 Å². The molecule has 0 aliphatic rings. The third kappa shape index (κ3) is 23.9. The molecule has 0 fully saturated rings. The molecule has 0 rings (SSSR count). The van der Waals surface area contributed by atoms with E-state index in [2.05, 4.69) is 24.8 Å². The van der Waals surface area contributed by atoms with Crippen molar-refractivity contribution in [2.24, 2.45) is 0 Å². The van der Waals surface area contributed by atoms with Crippen LogP contribution in [-0.2, 0) is 19.1 Å². The van der Waals surface area contributed by atoms with E-state index in [0.29, 0.717) is 18.8 Å². The Morgan fingerprint density at radius 1 is 1.00 bits per heavy atom. The molecule has 4 heteroatoms. The molecular formula is C17H34O4. The van der Waals surface area contributed by atoms with Crippen molar-refractivity contribution in [2.75, 3.05) is 13.2 Å². The molecule has 0 spiro atoms. The van der Waals surface area contributed by atoms with Gasteiger partial charge in [0.05, 0.1) is 13.2 Å². The third-order valence-electron chi connectivity index (χ3n) is 1.99. The number of esters is 2. The second-order valence-electron chi connectivity index (χ2n) is 3.99. The van der Waals surface area contributed by atoms with Crippen molar-refractivity contribution in [2.45, 2.75) is 61.3 Å². The van der Waals surface area contributed by atoms with E-state index in [4.69, 9.17) is 4.74 Å². The van der Waals surface area contributed by atoms with Crippen LogP contribution in [0.5, 0.6) is 0 Å². The van der Waals surface area contributed by atoms with Gasteiger partial charge in [0.15, 0.2) is 0 Å². The van der Waals surface area contributed by atoms with Gasteiger partial charge in [0, 0.05) is 11.6 Å². The molecular weight excluding hydrogens is 268 g/mol. The molecule has 0 aromatic rings. The highest BCUT2D eigenvalue weighted by Gasteiger charge is 2.00. The zero-order valence-electron chi connectivity index (χ0n) is 12.4. The normalized spacial score (nSPS) is 7.95. The first kappa shape index (κ1) is 27.7. The lowest BCUT2D eigenvalue weighted by atomic mass is 10.3. The van der Waals surface area contributed by atoms with Crippen LogP contribution in [0.4, 0.5) is 0 Å². The van der Waals surface area contributed by atoms with Gasteiger partial charge in [0.2, 0.25) is 0 Å². The Kier molecular flexibility index (Phi) is 27.4. The fraction of sp³-hybridized carbons (Fsp3) is 0.647. The molecule has 21 heavy (non-hydrogen) atoms. The van der Waals surface area contributed by atoms with Crippen LogP contribution < -0.4 is 0 Å². The second kappa shape index (κ2) is 20.7. The summed E-state index contributed by atoms with van der Waals surface area (Å²) >= 11 is 0. The Balaban J connectivity index is -0.000000126. The largest absolute Gasteiger partial charge is 0.463 e. The Hall–Kier alpha value is -1.58. The minimum absolute atomic E-state index is 0. The molecule has 0 aromatic heterocycles. The van der Waals surface area contributed by atoms with Gasteiger partial charge in [-0.2, -0.15) is 0 Å². The van der Waals surface area contributed by atoms with E-state index in [1.807, 2.05) is 6.92 Å². The van der Waals surface area contributed by atoms with Gasteiger partial charge in [-0.3, -0.25) is 0 Å². The smallest absolute Gasteiger partial charge is 0.333 e. The van der Waals surface area contributed by atoms with Crippen molar-refractivity contribution in [3.05, 3.63) is 24.8 Å². The molecule has 0 unspecified atom stereocenters. The lowest BCUT2D eigenvalue weighted by Crippen LogP contribution is -2.05. The van der Waals surface area contributed by atoms with Crippen molar-refractivity contribution >= 4 is 11.9 Å². The molecule has 0 N–H and O–H groups in total. The first-order chi connectivity index (χ1) is 8.99. The summed E-state index contributed by atoms with van der Waals surface area (Å²) in [5, 5.41) is 0. The van der Waals surface area contributed by atoms with Crippen LogP contribution in [0, 0.1) is 0 Å². The zero-order valence-corrected chi connectivity index (χ0v) is 12.4. The lowest BCUT2D eigenvalue weighted by Gasteiger charge is -2.01. The highest BCUT2D eigenvalue weighted by atomic mass is 16.5. The van der Waals surface area contributed by atoms with Crippen molar-refractivity contribution in [3.8, 4) is 0 Å². The summed E-state index contributed by atoms with van der Waals surface area (Å²) in [6, 6.07) is 0. The zero-order chi connectivity index (χ0) is 15.1. The number of carbonyl (C=O) groups excluding carboxylic acids is 2. The molecule has 0 atom stereocenters. The molecule has 0 saturated heterocycles. The van der Waals surface area contributed by atoms with E-state index in [9.17, 15) is 9.59 Å². The summed E-state index contributed by atoms with van der Waals surface area (Å²) < 4.78 is 9.48. The minimum Gasteiger partial charge on any atom is -0.463 e. The molecule has 0 saturated carbocycles. The van der Waals surface area contributed by atoms with Gasteiger partial charge in [0.1, 0.15) is 0 Å². The van der Waals surface area contributed by atoms with Crippen molar-refractivity contribution < 1.29 is 19.1 Å². The first-order valence-corrected chi connectivity index (χ1v) is 6.61. The molecule has 4 nitrogen and oxygen atoms in total. The summed E-state index contributed by atoms with van der Waals surface area (Å²) in [4.78, 5) is 21.0. The first-order valence-electron chi connectivity index (χ1n) is 6.61. The van der Waals surface area contributed by atoms with Gasteiger partial charge < -0.3 is 9.47 Å². The van der Waals surface area contributed by atoms with Gasteiger partial charge in [-0.1, -0.05) is 54.7 Å². The maximum absolute atomic E-state index is 10.7. The summed E-state index contributed by atoms with van der Waals surface area (Å²) in [5.41, 5.74) is 0.469. The van der Waals surface area contributed by atoms with Crippen LogP contribution in [0.3, 0.4) is 0 Å². The van der Waals surface area contributed by atoms with Crippen LogP contribution in [0.2, 0.25) is 0 Å². The number of unbranched alkanes of at least 4 members (excludes halogenated alkanes) is 2. The number of hydrogen-bond donors (Lipinski definition) is 0. The summed E-state index contributed by atoms with van der Waals surface area (Å²) in [7, 11) is 0. The van der Waals surface area contributed by atoms with Crippen LogP contribution in [0.25, 0.3) is 0 Å². The summed E-state index contributed by atoms with van der Waals surface area (Å²) in [6.07, 6.45) is 5.13. The molecule has 126 valence electrons. The predicted molar refractivity (Wildman–Crippen MR) is 90.2 cm³/mol. The Morgan fingerprint density at radius 3 is 1.76 bits per heavy atom. The van der Waals surface area contributed by atoms with Crippen LogP contribution in [0.15, 0.2) is 24.8 Å². The molecule has 0 aliphatic heterocycles. The van der Waals surface area contributed by atoms with E-state index in [1.54, 1.807) is 6.92 Å². The molecule has 0 heterocycles. The number of hydrogen-bond acceptors (Lipinski definition) is 4. The van der Waals surface area contributed by atoms with Crippen LogP contribution in [0.1, 0.15) is 61.3 Å². The van der Waals surface area contributed by atoms with Gasteiger partial charge in [-0.15, -0.1) is 0 Å². The van der Waals surface area contributed by atoms with Crippen LogP contribution in [-0.4, -0.2) is 25.2 Å². The van der Waals surface area contributed by atoms with Gasteiger partial charge in [0.25, 0.3) is 0 Å². The highest BCUT2D eigenvalue weighted by molar-refractivity contribution is 5.86. The quantitative estimate of drug-likeness (QED) is 0.371. The maximum atomic E-state index is 10.7. The average Bonchev–Trinajstić information content (AvgIpc) is 2.39. The minimum atomic E-state index is -0.330. The standard InChI is InChI=1S/C8H14O2.C7H12O2.2CH4/c1-4-5-6-10-8(9)7(2)3;1-3-5-6-9-7(8)4-2;;/h2,4-6H2,1,3H3;4H,2-3,5-6H2,1H3;2*1H4. The summed E-state index contributed by atoms with van der Waals surface area (Å²) in [5.74, 6) is -0.614. The van der Waals surface area contributed by atoms with Crippen molar-refractivity contribution in [3.63, 3.8) is 0 Å². The van der Waals surface area contributed by atoms with E-state index in [1.165, 1.54) is 6.08 Å². The SMILES string of the molecule is C.C.C=C(C)C(=O)OCCCC.C=CC(=O)OCCCC. The average molecular weight is 302 g/mol. The van der Waals surface area contributed by atoms with Gasteiger partial charge >= 0.3 is 11.9 Å². The number of ether oxygens (including phenoxy) is 2. The molecule has 0 radical (unpaired) electrons. The molecule has 0 aliphatic carbocycles. The second-order valence-corrected chi connectivity index (χ2v) is 3.99. The molecule has 0 aromatic carbocycles. The van der Waals surface area contributed by atoms with Gasteiger partial charge in [-0.05, 0) is 19.8 Å². The van der Waals surface area contributed by atoms with E-state index < -0.39 is 0 Å². The fourth-order valence-electron chi connectivity index (χ4n) is 0.808. The van der Waals surface area contributed by atoms with Crippen molar-refractivity contribution in [1.82, 2.24) is 0 Å². The fourth-order valence-corrected chi connectivity index (χ4v) is 0.808. The topological polar surface area (TPSA) is 52.6 Å². The van der Waals surface area contributed by atoms with Gasteiger partial charge in [-0.25, -0.2) is 9.59 Å². The van der Waals surface area contributed by atoms with Crippen molar-refractivity contribution in [1.29, 1.82) is 0 Å². The Morgan fingerprint density at radius 2 is 1.43 bits per heavy atom. The monoisotopic (exact) mass is 302 g/mol. The summed E-state index contributed by atoms with van der Waals surface area (Å²) in [6.45, 7) is 13.5. The van der Waals surface area contributed by atoms with E-state index in [0.717, 1.165) is 25.7 Å². The van der Waals surface area contributed by atoms with E-state index in [-0.39, 0.29) is 26.8 Å². The highest BCUT2D eigenvalue weighted by Crippen LogP contribution is 1.94. The molecule has 0 amide bonds. The molecule has 0 bridgehead atoms. The number of rotatable bonds is 8. The predicted octanol–water partition coefficient (Wildman–Crippen LogP) is 4.69. The maximum Gasteiger partial charge on any atom is 0.333 e.